The standard InChI is InChI=1S/C9H9ClN6O/c1-2-6-11-8(16-14-6)9(17)12-7-4-3-5(10)13-15-7/h3-4H,2H2,1H3,(H,11,14,16)(H,12,15,17). The predicted molar refractivity (Wildman–Crippen MR) is 60.8 cm³/mol. The Balaban J connectivity index is 2.08. The molecule has 0 aliphatic rings. The lowest BCUT2D eigenvalue weighted by Gasteiger charge is -1.99. The summed E-state index contributed by atoms with van der Waals surface area (Å²) < 4.78 is 0. The predicted octanol–water partition coefficient (Wildman–Crippen LogP) is 1.06. The Morgan fingerprint density at radius 2 is 2.29 bits per heavy atom. The number of carbonyl (C=O) groups is 1. The molecule has 2 rings (SSSR count). The van der Waals surface area contributed by atoms with Crippen molar-refractivity contribution in [3.05, 3.63) is 28.9 Å². The molecule has 0 atom stereocenters. The maximum atomic E-state index is 11.7. The molecule has 2 aromatic heterocycles. The van der Waals surface area contributed by atoms with Crippen LogP contribution in [0.3, 0.4) is 0 Å². The van der Waals surface area contributed by atoms with Gasteiger partial charge in [-0.1, -0.05) is 18.5 Å². The number of nitrogens with one attached hydrogen (secondary N) is 2. The van der Waals surface area contributed by atoms with Gasteiger partial charge in [-0.25, -0.2) is 4.98 Å². The van der Waals surface area contributed by atoms with Gasteiger partial charge in [-0.15, -0.1) is 15.3 Å². The van der Waals surface area contributed by atoms with Gasteiger partial charge < -0.3 is 5.32 Å². The highest BCUT2D eigenvalue weighted by Gasteiger charge is 2.12. The number of hydrogen-bond donors (Lipinski definition) is 2. The van der Waals surface area contributed by atoms with Crippen molar-refractivity contribution in [3.8, 4) is 0 Å². The monoisotopic (exact) mass is 252 g/mol. The molecular weight excluding hydrogens is 244 g/mol. The van der Waals surface area contributed by atoms with Crippen LogP contribution >= 0.6 is 11.6 Å². The Hall–Kier alpha value is -2.02. The maximum absolute atomic E-state index is 11.7. The second-order valence-electron chi connectivity index (χ2n) is 3.15. The fourth-order valence-corrected chi connectivity index (χ4v) is 1.21. The highest BCUT2D eigenvalue weighted by Crippen LogP contribution is 2.07. The minimum Gasteiger partial charge on any atom is -0.302 e. The van der Waals surface area contributed by atoms with Crippen LogP contribution in [0.1, 0.15) is 23.4 Å². The van der Waals surface area contributed by atoms with E-state index < -0.39 is 5.91 Å². The number of aromatic amines is 1. The van der Waals surface area contributed by atoms with Crippen LogP contribution in [0.5, 0.6) is 0 Å². The Kier molecular flexibility index (Phi) is 3.29. The molecule has 0 bridgehead atoms. The van der Waals surface area contributed by atoms with Crippen LogP contribution in [0.25, 0.3) is 0 Å². The molecule has 8 heteroatoms. The summed E-state index contributed by atoms with van der Waals surface area (Å²) in [7, 11) is 0. The molecular formula is C9H9ClN6O. The zero-order valence-corrected chi connectivity index (χ0v) is 9.69. The first-order chi connectivity index (χ1) is 8.19. The van der Waals surface area contributed by atoms with Crippen LogP contribution in [0, 0.1) is 0 Å². The van der Waals surface area contributed by atoms with Crippen molar-refractivity contribution < 1.29 is 4.79 Å². The van der Waals surface area contributed by atoms with Crippen molar-refractivity contribution in [1.82, 2.24) is 25.4 Å². The maximum Gasteiger partial charge on any atom is 0.296 e. The zero-order valence-electron chi connectivity index (χ0n) is 8.94. The summed E-state index contributed by atoms with van der Waals surface area (Å²) in [6.45, 7) is 1.91. The second-order valence-corrected chi connectivity index (χ2v) is 3.54. The summed E-state index contributed by atoms with van der Waals surface area (Å²) in [5.41, 5.74) is 0. The van der Waals surface area contributed by atoms with Crippen LogP contribution in [-0.4, -0.2) is 31.3 Å². The van der Waals surface area contributed by atoms with Crippen LogP contribution < -0.4 is 5.32 Å². The lowest BCUT2D eigenvalue weighted by Crippen LogP contribution is -2.15. The highest BCUT2D eigenvalue weighted by molar-refractivity contribution is 6.29. The SMILES string of the molecule is CCc1nc(C(=O)Nc2ccc(Cl)nn2)n[nH]1. The third kappa shape index (κ3) is 2.76. The van der Waals surface area contributed by atoms with Crippen molar-refractivity contribution in [1.29, 1.82) is 0 Å². The van der Waals surface area contributed by atoms with Gasteiger partial charge in [-0.3, -0.25) is 9.89 Å². The average Bonchev–Trinajstić information content (AvgIpc) is 2.81. The van der Waals surface area contributed by atoms with E-state index in [0.29, 0.717) is 18.1 Å². The lowest BCUT2D eigenvalue weighted by molar-refractivity contribution is 0.101. The number of amides is 1. The molecule has 1 amide bonds. The summed E-state index contributed by atoms with van der Waals surface area (Å²) in [4.78, 5) is 15.7. The van der Waals surface area contributed by atoms with Crippen molar-refractivity contribution in [2.24, 2.45) is 0 Å². The summed E-state index contributed by atoms with van der Waals surface area (Å²) in [5.74, 6) is 0.566. The number of carbonyl (C=O) groups excluding carboxylic acids is 1. The second kappa shape index (κ2) is 4.88. The van der Waals surface area contributed by atoms with E-state index >= 15 is 0 Å². The van der Waals surface area contributed by atoms with Crippen LogP contribution in [0.4, 0.5) is 5.82 Å². The number of H-pyrrole nitrogens is 1. The summed E-state index contributed by atoms with van der Waals surface area (Å²) in [6.07, 6.45) is 0.682. The number of aromatic nitrogens is 5. The van der Waals surface area contributed by atoms with Gasteiger partial charge in [0.05, 0.1) is 0 Å². The molecule has 0 aliphatic heterocycles. The fourth-order valence-electron chi connectivity index (χ4n) is 1.11. The van der Waals surface area contributed by atoms with Crippen molar-refractivity contribution in [3.63, 3.8) is 0 Å². The molecule has 7 nitrogen and oxygen atoms in total. The number of nitrogens with zero attached hydrogens (tertiary/aromatic N) is 4. The van der Waals surface area contributed by atoms with Crippen LogP contribution in [0.15, 0.2) is 12.1 Å². The van der Waals surface area contributed by atoms with E-state index in [9.17, 15) is 4.79 Å². The van der Waals surface area contributed by atoms with E-state index in [1.165, 1.54) is 6.07 Å². The van der Waals surface area contributed by atoms with Gasteiger partial charge >= 0.3 is 0 Å². The first-order valence-electron chi connectivity index (χ1n) is 4.91. The third-order valence-electron chi connectivity index (χ3n) is 1.94. The fraction of sp³-hybridized carbons (Fsp3) is 0.222. The van der Waals surface area contributed by atoms with E-state index in [-0.39, 0.29) is 11.0 Å². The van der Waals surface area contributed by atoms with Gasteiger partial charge in [0, 0.05) is 6.42 Å². The summed E-state index contributed by atoms with van der Waals surface area (Å²) >= 11 is 5.57. The Bertz CT molecular complexity index is 523. The number of anilines is 1. The average molecular weight is 253 g/mol. The largest absolute Gasteiger partial charge is 0.302 e. The normalized spacial score (nSPS) is 10.2. The molecule has 0 unspecified atom stereocenters. The van der Waals surface area contributed by atoms with E-state index in [1.807, 2.05) is 6.92 Å². The third-order valence-corrected chi connectivity index (χ3v) is 2.14. The number of halogens is 1. The topological polar surface area (TPSA) is 96.5 Å². The molecule has 2 N–H and O–H groups in total. The summed E-state index contributed by atoms with van der Waals surface area (Å²) in [6, 6.07) is 3.07. The molecule has 88 valence electrons. The Morgan fingerprint density at radius 3 is 2.88 bits per heavy atom. The Labute approximate surface area is 102 Å². The molecule has 2 heterocycles. The molecule has 17 heavy (non-hydrogen) atoms. The van der Waals surface area contributed by atoms with E-state index in [2.05, 4.69) is 30.7 Å². The number of rotatable bonds is 3. The lowest BCUT2D eigenvalue weighted by atomic mass is 10.4. The molecule has 0 aliphatic carbocycles. The van der Waals surface area contributed by atoms with Crippen molar-refractivity contribution in [2.45, 2.75) is 13.3 Å². The summed E-state index contributed by atoms with van der Waals surface area (Å²) in [5, 5.41) is 16.5. The van der Waals surface area contributed by atoms with Gasteiger partial charge in [0.1, 0.15) is 5.82 Å². The van der Waals surface area contributed by atoms with Crippen LogP contribution in [0.2, 0.25) is 5.15 Å². The quantitative estimate of drug-likeness (QED) is 0.851. The van der Waals surface area contributed by atoms with Gasteiger partial charge in [0.2, 0.25) is 5.82 Å². The van der Waals surface area contributed by atoms with Gasteiger partial charge in [0.15, 0.2) is 11.0 Å². The van der Waals surface area contributed by atoms with Crippen LogP contribution in [-0.2, 0) is 6.42 Å². The van der Waals surface area contributed by atoms with E-state index in [1.54, 1.807) is 6.07 Å². The molecule has 0 saturated carbocycles. The molecule has 0 aromatic carbocycles. The number of hydrogen-bond acceptors (Lipinski definition) is 5. The molecule has 0 saturated heterocycles. The first kappa shape index (κ1) is 11.5. The first-order valence-corrected chi connectivity index (χ1v) is 5.28. The molecule has 0 spiro atoms. The van der Waals surface area contributed by atoms with Gasteiger partial charge in [-0.2, -0.15) is 0 Å². The van der Waals surface area contributed by atoms with Crippen molar-refractivity contribution in [2.75, 3.05) is 5.32 Å². The van der Waals surface area contributed by atoms with Gasteiger partial charge in [0.25, 0.3) is 5.91 Å². The zero-order chi connectivity index (χ0) is 12.3. The minimum absolute atomic E-state index is 0.0681. The molecule has 2 aromatic rings. The van der Waals surface area contributed by atoms with E-state index in [0.717, 1.165) is 0 Å². The number of aryl methyl sites for hydroxylation is 1. The highest BCUT2D eigenvalue weighted by atomic mass is 35.5. The molecule has 0 fully saturated rings. The smallest absolute Gasteiger partial charge is 0.296 e. The minimum atomic E-state index is -0.447. The Morgan fingerprint density at radius 1 is 1.47 bits per heavy atom. The van der Waals surface area contributed by atoms with E-state index in [4.69, 9.17) is 11.6 Å². The van der Waals surface area contributed by atoms with Gasteiger partial charge in [-0.05, 0) is 12.1 Å². The van der Waals surface area contributed by atoms with Crippen molar-refractivity contribution >= 4 is 23.3 Å². The molecule has 0 radical (unpaired) electrons.